The summed E-state index contributed by atoms with van der Waals surface area (Å²) in [5.41, 5.74) is 0.749. The lowest BCUT2D eigenvalue weighted by Crippen LogP contribution is -2.26. The first-order valence-corrected chi connectivity index (χ1v) is 5.93. The van der Waals surface area contributed by atoms with E-state index in [9.17, 15) is 5.26 Å². The maximum absolute atomic E-state index is 9.31. The maximum Gasteiger partial charge on any atom is 0.178 e. The highest BCUT2D eigenvalue weighted by atomic mass is 35.5. The van der Waals surface area contributed by atoms with Crippen LogP contribution < -0.4 is 0 Å². The molecule has 1 atom stereocenters. The Hall–Kier alpha value is -1.71. The first kappa shape index (κ1) is 11.4. The molecular formula is C11H10ClN5O. The van der Waals surface area contributed by atoms with Gasteiger partial charge in [0.25, 0.3) is 0 Å². The predicted molar refractivity (Wildman–Crippen MR) is 63.8 cm³/mol. The largest absolute Gasteiger partial charge is 0.380 e. The van der Waals surface area contributed by atoms with E-state index in [0.29, 0.717) is 42.5 Å². The van der Waals surface area contributed by atoms with Crippen molar-refractivity contribution in [2.24, 2.45) is 5.41 Å². The average molecular weight is 264 g/mol. The van der Waals surface area contributed by atoms with Gasteiger partial charge in [-0.15, -0.1) is 0 Å². The molecule has 0 amide bonds. The summed E-state index contributed by atoms with van der Waals surface area (Å²) in [4.78, 5) is 8.33. The fraction of sp³-hybridized carbons (Fsp3) is 0.455. The molecule has 1 unspecified atom stereocenters. The van der Waals surface area contributed by atoms with Crippen molar-refractivity contribution >= 4 is 22.8 Å². The third-order valence-corrected chi connectivity index (χ3v) is 3.29. The van der Waals surface area contributed by atoms with Crippen molar-refractivity contribution in [2.45, 2.75) is 13.0 Å². The zero-order valence-electron chi connectivity index (χ0n) is 9.51. The number of aromatic nitrogens is 4. The second kappa shape index (κ2) is 4.19. The van der Waals surface area contributed by atoms with E-state index in [-0.39, 0.29) is 0 Å². The van der Waals surface area contributed by atoms with Gasteiger partial charge in [-0.3, -0.25) is 0 Å². The lowest BCUT2D eigenvalue weighted by Gasteiger charge is -2.18. The van der Waals surface area contributed by atoms with E-state index in [0.717, 1.165) is 0 Å². The van der Waals surface area contributed by atoms with E-state index in [4.69, 9.17) is 16.3 Å². The summed E-state index contributed by atoms with van der Waals surface area (Å²) in [6.45, 7) is 1.49. The SMILES string of the molecule is N#CC1(Cn2ncc3ncc(Cl)nc32)CCOC1. The molecule has 1 aliphatic rings. The number of hydrogen-bond donors (Lipinski definition) is 0. The van der Waals surface area contributed by atoms with Gasteiger partial charge in [-0.25, -0.2) is 14.6 Å². The van der Waals surface area contributed by atoms with Crippen molar-refractivity contribution in [3.05, 3.63) is 17.5 Å². The minimum atomic E-state index is -0.525. The van der Waals surface area contributed by atoms with Crippen LogP contribution in [0.15, 0.2) is 12.4 Å². The van der Waals surface area contributed by atoms with Crippen LogP contribution in [0.3, 0.4) is 0 Å². The minimum Gasteiger partial charge on any atom is -0.380 e. The Morgan fingerprint density at radius 2 is 2.44 bits per heavy atom. The van der Waals surface area contributed by atoms with Crippen molar-refractivity contribution < 1.29 is 4.74 Å². The van der Waals surface area contributed by atoms with E-state index in [1.165, 1.54) is 6.20 Å². The maximum atomic E-state index is 9.31. The summed E-state index contributed by atoms with van der Waals surface area (Å²) in [5, 5.41) is 13.8. The number of ether oxygens (including phenoxy) is 1. The number of fused-ring (bicyclic) bond motifs is 1. The smallest absolute Gasteiger partial charge is 0.178 e. The van der Waals surface area contributed by atoms with E-state index >= 15 is 0 Å². The van der Waals surface area contributed by atoms with Gasteiger partial charge in [-0.1, -0.05) is 11.6 Å². The first-order valence-electron chi connectivity index (χ1n) is 5.56. The number of nitriles is 1. The molecule has 1 saturated heterocycles. The minimum absolute atomic E-state index is 0.318. The molecule has 0 spiro atoms. The summed E-state index contributed by atoms with van der Waals surface area (Å²) in [6.07, 6.45) is 3.81. The van der Waals surface area contributed by atoms with E-state index in [1.807, 2.05) is 0 Å². The Morgan fingerprint density at radius 1 is 1.56 bits per heavy atom. The van der Waals surface area contributed by atoms with E-state index in [2.05, 4.69) is 21.1 Å². The van der Waals surface area contributed by atoms with Crippen LogP contribution in [0.5, 0.6) is 0 Å². The quantitative estimate of drug-likeness (QED) is 0.819. The zero-order chi connectivity index (χ0) is 12.6. The van der Waals surface area contributed by atoms with Gasteiger partial charge in [-0.2, -0.15) is 10.4 Å². The molecule has 2 aromatic rings. The van der Waals surface area contributed by atoms with Crippen LogP contribution in [0.2, 0.25) is 5.15 Å². The van der Waals surface area contributed by atoms with Gasteiger partial charge < -0.3 is 4.74 Å². The molecule has 1 fully saturated rings. The van der Waals surface area contributed by atoms with Crippen LogP contribution in [-0.4, -0.2) is 33.0 Å². The lowest BCUT2D eigenvalue weighted by molar-refractivity contribution is 0.164. The van der Waals surface area contributed by atoms with Crippen LogP contribution in [0.4, 0.5) is 0 Å². The van der Waals surface area contributed by atoms with Gasteiger partial charge in [0.2, 0.25) is 0 Å². The van der Waals surface area contributed by atoms with Gasteiger partial charge >= 0.3 is 0 Å². The summed E-state index contributed by atoms with van der Waals surface area (Å²) in [6, 6.07) is 2.33. The molecule has 0 saturated carbocycles. The molecule has 7 heteroatoms. The van der Waals surface area contributed by atoms with Gasteiger partial charge in [0, 0.05) is 6.61 Å². The second-order valence-electron chi connectivity index (χ2n) is 4.40. The predicted octanol–water partition coefficient (Wildman–Crippen LogP) is 1.41. The Morgan fingerprint density at radius 3 is 3.17 bits per heavy atom. The van der Waals surface area contributed by atoms with Crippen LogP contribution in [0.1, 0.15) is 6.42 Å². The van der Waals surface area contributed by atoms with Gasteiger partial charge in [0.1, 0.15) is 16.1 Å². The van der Waals surface area contributed by atoms with Gasteiger partial charge in [0.15, 0.2) is 5.65 Å². The molecule has 6 nitrogen and oxygen atoms in total. The molecule has 0 bridgehead atoms. The van der Waals surface area contributed by atoms with Gasteiger partial charge in [0.05, 0.1) is 31.6 Å². The summed E-state index contributed by atoms with van der Waals surface area (Å²) in [5.74, 6) is 0. The van der Waals surface area contributed by atoms with E-state index < -0.39 is 5.41 Å². The van der Waals surface area contributed by atoms with E-state index in [1.54, 1.807) is 10.9 Å². The Bertz CT molecular complexity index is 626. The molecular weight excluding hydrogens is 254 g/mol. The monoisotopic (exact) mass is 263 g/mol. The molecule has 0 aliphatic carbocycles. The number of halogens is 1. The third-order valence-electron chi connectivity index (χ3n) is 3.11. The summed E-state index contributed by atoms with van der Waals surface area (Å²) >= 11 is 5.83. The van der Waals surface area contributed by atoms with Crippen LogP contribution >= 0.6 is 11.6 Å². The topological polar surface area (TPSA) is 76.6 Å². The van der Waals surface area contributed by atoms with Crippen LogP contribution in [0, 0.1) is 16.7 Å². The molecule has 0 radical (unpaired) electrons. The molecule has 0 aromatic carbocycles. The highest BCUT2D eigenvalue weighted by Crippen LogP contribution is 2.30. The average Bonchev–Trinajstić information content (AvgIpc) is 2.98. The molecule has 3 heterocycles. The van der Waals surface area contributed by atoms with Crippen molar-refractivity contribution in [1.29, 1.82) is 5.26 Å². The second-order valence-corrected chi connectivity index (χ2v) is 4.79. The Labute approximate surface area is 108 Å². The Kier molecular flexibility index (Phi) is 2.65. The van der Waals surface area contributed by atoms with Crippen LogP contribution in [-0.2, 0) is 11.3 Å². The van der Waals surface area contributed by atoms with Crippen molar-refractivity contribution in [1.82, 2.24) is 19.7 Å². The Balaban J connectivity index is 2.00. The van der Waals surface area contributed by atoms with Crippen LogP contribution in [0.25, 0.3) is 11.2 Å². The van der Waals surface area contributed by atoms with Crippen molar-refractivity contribution in [3.63, 3.8) is 0 Å². The lowest BCUT2D eigenvalue weighted by atomic mass is 9.89. The molecule has 18 heavy (non-hydrogen) atoms. The number of rotatable bonds is 2. The number of nitrogens with zero attached hydrogens (tertiary/aromatic N) is 5. The fourth-order valence-electron chi connectivity index (χ4n) is 2.09. The molecule has 0 N–H and O–H groups in total. The number of hydrogen-bond acceptors (Lipinski definition) is 5. The third kappa shape index (κ3) is 1.82. The summed E-state index contributed by atoms with van der Waals surface area (Å²) in [7, 11) is 0. The van der Waals surface area contributed by atoms with Gasteiger partial charge in [-0.05, 0) is 6.42 Å². The zero-order valence-corrected chi connectivity index (χ0v) is 10.3. The molecule has 2 aromatic heterocycles. The highest BCUT2D eigenvalue weighted by Gasteiger charge is 2.36. The standard InChI is InChI=1S/C11H10ClN5O/c12-9-4-14-8-3-15-17(10(8)16-9)6-11(5-13)1-2-18-7-11/h3-4H,1-2,6-7H2. The fourth-order valence-corrected chi connectivity index (χ4v) is 2.21. The highest BCUT2D eigenvalue weighted by molar-refractivity contribution is 6.29. The molecule has 1 aliphatic heterocycles. The van der Waals surface area contributed by atoms with Crippen molar-refractivity contribution in [2.75, 3.05) is 13.2 Å². The first-order chi connectivity index (χ1) is 8.72. The molecule has 92 valence electrons. The molecule has 3 rings (SSSR count). The summed E-state index contributed by atoms with van der Waals surface area (Å²) < 4.78 is 6.98. The normalized spacial score (nSPS) is 23.3. The van der Waals surface area contributed by atoms with Crippen molar-refractivity contribution in [3.8, 4) is 6.07 Å².